The number of para-hydroxylation sites is 2. The Morgan fingerprint density at radius 2 is 1.79 bits per heavy atom. The average molecular weight is 540 g/mol. The summed E-state index contributed by atoms with van der Waals surface area (Å²) in [5.41, 5.74) is 7.36. The first-order valence-corrected chi connectivity index (χ1v) is 13.5. The molecule has 2 aromatic carbocycles. The van der Waals surface area contributed by atoms with E-state index in [0.717, 1.165) is 45.3 Å². The Balaban J connectivity index is 1.63. The summed E-state index contributed by atoms with van der Waals surface area (Å²) in [6.45, 7) is 9.85. The van der Waals surface area contributed by atoms with Crippen molar-refractivity contribution in [3.63, 3.8) is 0 Å². The van der Waals surface area contributed by atoms with Gasteiger partial charge in [-0.05, 0) is 92.6 Å². The van der Waals surface area contributed by atoms with Gasteiger partial charge >= 0.3 is 0 Å². The molecule has 39 heavy (non-hydrogen) atoms. The molecule has 200 valence electrons. The molecule has 1 amide bonds. The lowest BCUT2D eigenvalue weighted by Gasteiger charge is -2.29. The summed E-state index contributed by atoms with van der Waals surface area (Å²) in [6.07, 6.45) is 1.79. The van der Waals surface area contributed by atoms with E-state index < -0.39 is 0 Å². The highest BCUT2D eigenvalue weighted by molar-refractivity contribution is 7.80. The average Bonchev–Trinajstić information content (AvgIpc) is 3.41. The van der Waals surface area contributed by atoms with E-state index in [1.807, 2.05) is 76.2 Å². The molecule has 8 heteroatoms. The zero-order valence-electron chi connectivity index (χ0n) is 22.8. The number of thiocarbonyl (C=S) groups is 1. The maximum Gasteiger partial charge on any atom is 0.226 e. The third-order valence-corrected chi connectivity index (χ3v) is 7.59. The molecule has 4 aromatic rings. The second kappa shape index (κ2) is 10.5. The fraction of sp³-hybridized carbons (Fsp3) is 0.258. The van der Waals surface area contributed by atoms with E-state index in [4.69, 9.17) is 12.2 Å². The fourth-order valence-electron chi connectivity index (χ4n) is 5.28. The first-order valence-electron chi connectivity index (χ1n) is 13.1. The highest BCUT2D eigenvalue weighted by Gasteiger charge is 2.42. The molecule has 0 spiro atoms. The highest BCUT2D eigenvalue weighted by atomic mass is 32.1. The number of pyridine rings is 1. The van der Waals surface area contributed by atoms with Crippen LogP contribution in [0.25, 0.3) is 5.69 Å². The summed E-state index contributed by atoms with van der Waals surface area (Å²) in [6, 6.07) is 21.0. The van der Waals surface area contributed by atoms with Gasteiger partial charge in [0, 0.05) is 34.9 Å². The topological polar surface area (TPSA) is 82.4 Å². The van der Waals surface area contributed by atoms with Gasteiger partial charge in [-0.2, -0.15) is 0 Å². The number of carbonyl (C=O) groups is 1. The van der Waals surface area contributed by atoms with Crippen LogP contribution in [0, 0.1) is 26.7 Å². The summed E-state index contributed by atoms with van der Waals surface area (Å²) < 4.78 is 2.08. The van der Waals surface area contributed by atoms with Gasteiger partial charge in [0.05, 0.1) is 23.5 Å². The zero-order valence-corrected chi connectivity index (χ0v) is 23.6. The van der Waals surface area contributed by atoms with Gasteiger partial charge in [-0.1, -0.05) is 32.0 Å². The van der Waals surface area contributed by atoms with E-state index in [9.17, 15) is 9.90 Å². The van der Waals surface area contributed by atoms with Crippen LogP contribution in [0.3, 0.4) is 0 Å². The van der Waals surface area contributed by atoms with Crippen LogP contribution in [-0.4, -0.2) is 25.7 Å². The molecule has 1 saturated heterocycles. The number of benzene rings is 2. The highest BCUT2D eigenvalue weighted by Crippen LogP contribution is 2.44. The SMILES string of the molecule is Cc1cc(N2C(=S)NC(c3ccccn3)C2c2cc(C)n(-c3ccccc3O)c2C)ccc1NC(=O)C(C)C. The smallest absolute Gasteiger partial charge is 0.226 e. The molecule has 1 aliphatic heterocycles. The molecule has 2 atom stereocenters. The molecular weight excluding hydrogens is 506 g/mol. The maximum atomic E-state index is 12.3. The van der Waals surface area contributed by atoms with Crippen LogP contribution in [0.5, 0.6) is 5.75 Å². The van der Waals surface area contributed by atoms with E-state index >= 15 is 0 Å². The van der Waals surface area contributed by atoms with Gasteiger partial charge in [0.15, 0.2) is 5.11 Å². The normalized spacial score (nSPS) is 17.0. The minimum Gasteiger partial charge on any atom is -0.506 e. The number of phenolic OH excluding ortho intramolecular Hbond substituents is 1. The van der Waals surface area contributed by atoms with E-state index in [2.05, 4.69) is 44.1 Å². The number of nitrogens with one attached hydrogen (secondary N) is 2. The number of aromatic hydroxyl groups is 1. The second-order valence-electron chi connectivity index (χ2n) is 10.3. The lowest BCUT2D eigenvalue weighted by atomic mass is 9.96. The van der Waals surface area contributed by atoms with Crippen LogP contribution < -0.4 is 15.5 Å². The largest absolute Gasteiger partial charge is 0.506 e. The molecule has 1 aliphatic rings. The number of aromatic nitrogens is 2. The number of amides is 1. The standard InChI is InChI=1S/C31H33N5O2S/c1-18(2)30(38)33-24-14-13-22(16-19(24)3)36-29(28(34-31(36)39)25-10-8-9-15-32-25)23-17-20(4)35(21(23)5)26-11-6-7-12-27(26)37/h6-18,28-29,37H,1-5H3,(H,33,38)(H,34,39). The number of phenols is 1. The molecule has 1 fully saturated rings. The first kappa shape index (κ1) is 26.4. The van der Waals surface area contributed by atoms with Crippen molar-refractivity contribution in [1.29, 1.82) is 0 Å². The van der Waals surface area contributed by atoms with Gasteiger partial charge in [0.1, 0.15) is 5.75 Å². The number of nitrogens with zero attached hydrogens (tertiary/aromatic N) is 3. The Morgan fingerprint density at radius 1 is 1.05 bits per heavy atom. The first-order chi connectivity index (χ1) is 18.7. The monoisotopic (exact) mass is 539 g/mol. The summed E-state index contributed by atoms with van der Waals surface area (Å²) >= 11 is 5.92. The quantitative estimate of drug-likeness (QED) is 0.250. The van der Waals surface area contributed by atoms with Gasteiger partial charge in [-0.25, -0.2) is 0 Å². The van der Waals surface area contributed by atoms with Crippen LogP contribution in [0.15, 0.2) is 72.9 Å². The summed E-state index contributed by atoms with van der Waals surface area (Å²) in [4.78, 5) is 19.1. The molecule has 3 heterocycles. The lowest BCUT2D eigenvalue weighted by Crippen LogP contribution is -2.29. The van der Waals surface area contributed by atoms with Crippen LogP contribution in [-0.2, 0) is 4.79 Å². The predicted octanol–water partition coefficient (Wildman–Crippen LogP) is 6.27. The fourth-order valence-corrected chi connectivity index (χ4v) is 5.62. The second-order valence-corrected chi connectivity index (χ2v) is 10.7. The zero-order chi connectivity index (χ0) is 27.8. The van der Waals surface area contributed by atoms with E-state index in [-0.39, 0.29) is 29.7 Å². The minimum absolute atomic E-state index is 0.0195. The number of rotatable bonds is 6. The Bertz CT molecular complexity index is 1550. The number of hydrogen-bond acceptors (Lipinski definition) is 4. The molecule has 0 aliphatic carbocycles. The van der Waals surface area contributed by atoms with Crippen LogP contribution >= 0.6 is 12.2 Å². The maximum absolute atomic E-state index is 12.3. The molecule has 3 N–H and O–H groups in total. The van der Waals surface area contributed by atoms with E-state index in [0.29, 0.717) is 5.11 Å². The Morgan fingerprint density at radius 3 is 2.46 bits per heavy atom. The Labute approximate surface area is 234 Å². The molecule has 5 rings (SSSR count). The van der Waals surface area contributed by atoms with Gasteiger partial charge in [-0.3, -0.25) is 9.78 Å². The minimum atomic E-state index is -0.200. The summed E-state index contributed by atoms with van der Waals surface area (Å²) in [5.74, 6) is 0.0925. The lowest BCUT2D eigenvalue weighted by molar-refractivity contribution is -0.118. The molecule has 0 radical (unpaired) electrons. The Kier molecular flexibility index (Phi) is 7.14. The van der Waals surface area contributed by atoms with Crippen LogP contribution in [0.2, 0.25) is 0 Å². The van der Waals surface area contributed by atoms with Crippen molar-refractivity contribution in [2.24, 2.45) is 5.92 Å². The van der Waals surface area contributed by atoms with Crippen molar-refractivity contribution in [3.05, 3.63) is 101 Å². The van der Waals surface area contributed by atoms with Crippen molar-refractivity contribution in [2.45, 2.75) is 46.7 Å². The van der Waals surface area contributed by atoms with Crippen molar-refractivity contribution >= 4 is 34.6 Å². The third-order valence-electron chi connectivity index (χ3n) is 7.28. The number of anilines is 2. The third kappa shape index (κ3) is 4.88. The molecule has 0 bridgehead atoms. The van der Waals surface area contributed by atoms with Crippen molar-refractivity contribution < 1.29 is 9.90 Å². The number of carbonyl (C=O) groups excluding carboxylic acids is 1. The molecular formula is C31H33N5O2S. The van der Waals surface area contributed by atoms with Crippen LogP contribution in [0.4, 0.5) is 11.4 Å². The van der Waals surface area contributed by atoms with Gasteiger partial charge in [-0.15, -0.1) is 0 Å². The van der Waals surface area contributed by atoms with Gasteiger partial charge in [0.2, 0.25) is 5.91 Å². The molecule has 7 nitrogen and oxygen atoms in total. The van der Waals surface area contributed by atoms with Crippen molar-refractivity contribution in [3.8, 4) is 11.4 Å². The summed E-state index contributed by atoms with van der Waals surface area (Å²) in [5, 5.41) is 17.8. The van der Waals surface area contributed by atoms with Crippen molar-refractivity contribution in [1.82, 2.24) is 14.9 Å². The number of hydrogen-bond donors (Lipinski definition) is 3. The van der Waals surface area contributed by atoms with Gasteiger partial charge in [0.25, 0.3) is 0 Å². The van der Waals surface area contributed by atoms with E-state index in [1.54, 1.807) is 12.3 Å². The van der Waals surface area contributed by atoms with E-state index in [1.165, 1.54) is 0 Å². The Hall–Kier alpha value is -4.17. The number of aryl methyl sites for hydroxylation is 2. The molecule has 0 saturated carbocycles. The van der Waals surface area contributed by atoms with Crippen molar-refractivity contribution in [2.75, 3.05) is 10.2 Å². The van der Waals surface area contributed by atoms with Gasteiger partial charge < -0.3 is 25.2 Å². The molecule has 2 aromatic heterocycles. The summed E-state index contributed by atoms with van der Waals surface area (Å²) in [7, 11) is 0. The predicted molar refractivity (Wildman–Crippen MR) is 159 cm³/mol. The molecule has 2 unspecified atom stereocenters. The van der Waals surface area contributed by atoms with Crippen LogP contribution in [0.1, 0.15) is 54.1 Å².